The van der Waals surface area contributed by atoms with E-state index in [4.69, 9.17) is 13.9 Å². The van der Waals surface area contributed by atoms with Crippen molar-refractivity contribution in [3.05, 3.63) is 29.8 Å². The van der Waals surface area contributed by atoms with Gasteiger partial charge in [0.25, 0.3) is 0 Å². The molecule has 1 aromatic rings. The number of benzene rings is 1. The predicted molar refractivity (Wildman–Crippen MR) is 113 cm³/mol. The van der Waals surface area contributed by atoms with Crippen molar-refractivity contribution in [1.82, 2.24) is 0 Å². The largest absolute Gasteiger partial charge is 0.414 e. The van der Waals surface area contributed by atoms with Gasteiger partial charge in [-0.25, -0.2) is 4.21 Å². The first-order valence-corrected chi connectivity index (χ1v) is 13.3. The molecule has 1 saturated heterocycles. The van der Waals surface area contributed by atoms with Crippen molar-refractivity contribution < 1.29 is 18.1 Å². The molecule has 0 aromatic heterocycles. The smallest absolute Gasteiger partial charge is 0.192 e. The van der Waals surface area contributed by atoms with E-state index in [1.807, 2.05) is 45.0 Å². The molecular formula is C20H33NO4SSi. The molecule has 1 fully saturated rings. The first kappa shape index (κ1) is 22.4. The Hall–Kier alpha value is -0.863. The Bertz CT molecular complexity index is 695. The minimum atomic E-state index is -1.89. The number of hydrogen-bond donors (Lipinski definition) is 0. The Kier molecular flexibility index (Phi) is 6.85. The van der Waals surface area contributed by atoms with Crippen LogP contribution in [-0.2, 0) is 24.9 Å². The highest BCUT2D eigenvalue weighted by atomic mass is 32.2. The Balaban J connectivity index is 2.06. The molecular weight excluding hydrogens is 378 g/mol. The van der Waals surface area contributed by atoms with E-state index in [2.05, 4.69) is 38.3 Å². The highest BCUT2D eigenvalue weighted by Crippen LogP contribution is 2.37. The van der Waals surface area contributed by atoms with E-state index >= 15 is 0 Å². The van der Waals surface area contributed by atoms with Crippen LogP contribution in [0.4, 0.5) is 0 Å². The lowest BCUT2D eigenvalue weighted by atomic mass is 10.2. The number of nitrogens with zero attached hydrogens (tertiary/aromatic N) is 1. The average molecular weight is 412 g/mol. The molecule has 0 bridgehead atoms. The van der Waals surface area contributed by atoms with Crippen LogP contribution in [0.3, 0.4) is 0 Å². The quantitative estimate of drug-likeness (QED) is 0.506. The number of hydrogen-bond acceptors (Lipinski definition) is 4. The fourth-order valence-electron chi connectivity index (χ4n) is 2.46. The fraction of sp³-hybridized carbons (Fsp3) is 0.650. The van der Waals surface area contributed by atoms with Crippen LogP contribution in [0.5, 0.6) is 0 Å². The van der Waals surface area contributed by atoms with Crippen molar-refractivity contribution >= 4 is 25.5 Å². The molecule has 0 spiro atoms. The summed E-state index contributed by atoms with van der Waals surface area (Å²) in [6.45, 7) is 17.2. The average Bonchev–Trinajstić information content (AvgIpc) is 2.84. The molecule has 152 valence electrons. The Morgan fingerprint density at radius 2 is 1.81 bits per heavy atom. The lowest BCUT2D eigenvalue weighted by Gasteiger charge is -2.37. The molecule has 7 heteroatoms. The maximum absolute atomic E-state index is 12.4. The molecule has 1 aliphatic rings. The third-order valence-electron chi connectivity index (χ3n) is 5.16. The Morgan fingerprint density at radius 1 is 1.22 bits per heavy atom. The van der Waals surface area contributed by atoms with Crippen LogP contribution in [0.15, 0.2) is 33.6 Å². The SMILES string of the molecule is Cc1ccc([S@](=O)/N=C/[C@@H]2OC(C)(C)O[C@H]2CO[Si](C)(C)C(C)(C)C)cc1. The second-order valence-electron chi connectivity index (χ2n) is 9.03. The predicted octanol–water partition coefficient (Wildman–Crippen LogP) is 4.63. The molecule has 1 aromatic carbocycles. The van der Waals surface area contributed by atoms with Crippen LogP contribution in [0, 0.1) is 6.92 Å². The summed E-state index contributed by atoms with van der Waals surface area (Å²) < 4.78 is 34.9. The van der Waals surface area contributed by atoms with Crippen molar-refractivity contribution in [3.63, 3.8) is 0 Å². The van der Waals surface area contributed by atoms with Crippen molar-refractivity contribution in [3.8, 4) is 0 Å². The first-order valence-electron chi connectivity index (χ1n) is 9.33. The van der Waals surface area contributed by atoms with Gasteiger partial charge in [0.05, 0.1) is 11.5 Å². The topological polar surface area (TPSA) is 57.1 Å². The highest BCUT2D eigenvalue weighted by Gasteiger charge is 2.43. The van der Waals surface area contributed by atoms with E-state index in [9.17, 15) is 4.21 Å². The molecule has 27 heavy (non-hydrogen) atoms. The molecule has 2 rings (SSSR count). The fourth-order valence-corrected chi connectivity index (χ4v) is 4.19. The van der Waals surface area contributed by atoms with Gasteiger partial charge in [-0.1, -0.05) is 38.5 Å². The molecule has 0 N–H and O–H groups in total. The van der Waals surface area contributed by atoms with Gasteiger partial charge in [0.1, 0.15) is 12.2 Å². The lowest BCUT2D eigenvalue weighted by Crippen LogP contribution is -2.44. The van der Waals surface area contributed by atoms with Crippen LogP contribution in [0.25, 0.3) is 0 Å². The third-order valence-corrected chi connectivity index (χ3v) is 10.7. The molecule has 1 heterocycles. The van der Waals surface area contributed by atoms with Gasteiger partial charge in [0.2, 0.25) is 0 Å². The van der Waals surface area contributed by atoms with Gasteiger partial charge >= 0.3 is 0 Å². The molecule has 0 saturated carbocycles. The third kappa shape index (κ3) is 6.06. The summed E-state index contributed by atoms with van der Waals surface area (Å²) in [6, 6.07) is 7.52. The summed E-state index contributed by atoms with van der Waals surface area (Å²) in [4.78, 5) is 0.670. The maximum atomic E-state index is 12.4. The van der Waals surface area contributed by atoms with Gasteiger partial charge in [-0.3, -0.25) is 0 Å². The lowest BCUT2D eigenvalue weighted by molar-refractivity contribution is -0.144. The van der Waals surface area contributed by atoms with Gasteiger partial charge in [-0.2, -0.15) is 4.40 Å². The van der Waals surface area contributed by atoms with E-state index in [1.54, 1.807) is 6.21 Å². The van der Waals surface area contributed by atoms with Crippen LogP contribution in [0.1, 0.15) is 40.2 Å². The van der Waals surface area contributed by atoms with E-state index in [0.29, 0.717) is 11.5 Å². The monoisotopic (exact) mass is 411 g/mol. The summed E-state index contributed by atoms with van der Waals surface area (Å²) in [5.41, 5.74) is 1.12. The second-order valence-corrected chi connectivity index (χ2v) is 15.0. The standard InChI is InChI=1S/C20H33NO4SSi/c1-15-9-11-16(12-10-15)26(22)21-13-17-18(25-20(5,6)24-17)14-23-27(7,8)19(2,3)4/h9-13,17-18H,14H2,1-8H3/b21-13+/t17-,18-,26-/m0/s1. The molecule has 0 amide bonds. The molecule has 0 aliphatic carbocycles. The summed E-state index contributed by atoms with van der Waals surface area (Å²) >= 11 is 0. The van der Waals surface area contributed by atoms with E-state index in [0.717, 1.165) is 5.56 Å². The summed E-state index contributed by atoms with van der Waals surface area (Å²) in [6.07, 6.45) is 0.941. The second kappa shape index (κ2) is 8.25. The Morgan fingerprint density at radius 3 is 2.37 bits per heavy atom. The van der Waals surface area contributed by atoms with Gasteiger partial charge in [-0.05, 0) is 51.0 Å². The highest BCUT2D eigenvalue weighted by molar-refractivity contribution is 7.83. The zero-order chi connectivity index (χ0) is 20.5. The zero-order valence-electron chi connectivity index (χ0n) is 17.7. The molecule has 0 radical (unpaired) electrons. The van der Waals surface area contributed by atoms with Crippen molar-refractivity contribution in [1.29, 1.82) is 0 Å². The molecule has 1 aliphatic heterocycles. The molecule has 5 nitrogen and oxygen atoms in total. The first-order chi connectivity index (χ1) is 12.3. The number of aryl methyl sites for hydroxylation is 1. The van der Waals surface area contributed by atoms with Crippen LogP contribution in [-0.4, -0.2) is 43.3 Å². The van der Waals surface area contributed by atoms with E-state index in [-0.39, 0.29) is 17.2 Å². The van der Waals surface area contributed by atoms with Crippen LogP contribution >= 0.6 is 0 Å². The molecule has 0 unspecified atom stereocenters. The van der Waals surface area contributed by atoms with Crippen molar-refractivity contribution in [2.45, 2.75) is 82.6 Å². The maximum Gasteiger partial charge on any atom is 0.192 e. The summed E-state index contributed by atoms with van der Waals surface area (Å²) in [5.74, 6) is -0.719. The van der Waals surface area contributed by atoms with Crippen LogP contribution < -0.4 is 0 Å². The minimum Gasteiger partial charge on any atom is -0.414 e. The van der Waals surface area contributed by atoms with Gasteiger partial charge in [0, 0.05) is 6.21 Å². The number of rotatable bonds is 6. The van der Waals surface area contributed by atoms with Gasteiger partial charge in [0.15, 0.2) is 25.1 Å². The minimum absolute atomic E-state index is 0.124. The van der Waals surface area contributed by atoms with Crippen molar-refractivity contribution in [2.75, 3.05) is 6.61 Å². The summed E-state index contributed by atoms with van der Waals surface area (Å²) in [5, 5.41) is 0.124. The number of ether oxygens (including phenoxy) is 2. The Labute approximate surface area is 167 Å². The van der Waals surface area contributed by atoms with Gasteiger partial charge in [-0.15, -0.1) is 0 Å². The van der Waals surface area contributed by atoms with Crippen LogP contribution in [0.2, 0.25) is 18.1 Å². The normalized spacial score (nSPS) is 24.4. The van der Waals surface area contributed by atoms with E-state index < -0.39 is 25.1 Å². The summed E-state index contributed by atoms with van der Waals surface area (Å²) in [7, 11) is -3.35. The molecule has 3 atom stereocenters. The zero-order valence-corrected chi connectivity index (χ0v) is 19.6. The van der Waals surface area contributed by atoms with E-state index in [1.165, 1.54) is 0 Å². The van der Waals surface area contributed by atoms with Gasteiger partial charge < -0.3 is 13.9 Å². The van der Waals surface area contributed by atoms with Crippen molar-refractivity contribution in [2.24, 2.45) is 4.40 Å².